The number of amides is 1. The first-order valence-corrected chi connectivity index (χ1v) is 9.17. The second-order valence-electron chi connectivity index (χ2n) is 6.57. The summed E-state index contributed by atoms with van der Waals surface area (Å²) in [5.74, 6) is -0.845. The number of allylic oxidation sites excluding steroid dienone is 1. The average Bonchev–Trinajstić information content (AvgIpc) is 3.15. The van der Waals surface area contributed by atoms with E-state index in [1.807, 2.05) is 60.7 Å². The van der Waals surface area contributed by atoms with E-state index in [0.717, 1.165) is 16.8 Å². The van der Waals surface area contributed by atoms with Crippen LogP contribution in [0, 0.1) is 0 Å². The van der Waals surface area contributed by atoms with E-state index in [1.165, 1.54) is 0 Å². The van der Waals surface area contributed by atoms with Gasteiger partial charge in [0.05, 0.1) is 6.42 Å². The van der Waals surface area contributed by atoms with Gasteiger partial charge in [0.25, 0.3) is 5.95 Å². The molecule has 1 aromatic heterocycles. The Labute approximate surface area is 166 Å². The summed E-state index contributed by atoms with van der Waals surface area (Å²) < 4.78 is 1.70. The number of carbonyl (C=O) groups is 2. The van der Waals surface area contributed by atoms with Crippen LogP contribution in [0.5, 0.6) is 0 Å². The van der Waals surface area contributed by atoms with Crippen molar-refractivity contribution >= 4 is 29.5 Å². The summed E-state index contributed by atoms with van der Waals surface area (Å²) >= 11 is 0. The molecule has 2 aromatic carbocycles. The van der Waals surface area contributed by atoms with Crippen molar-refractivity contribution < 1.29 is 14.7 Å². The number of hydrogen-bond acceptors (Lipinski definition) is 5. The highest BCUT2D eigenvalue weighted by Gasteiger charge is 2.25. The minimum Gasteiger partial charge on any atom is -0.481 e. The minimum absolute atomic E-state index is 0.131. The van der Waals surface area contributed by atoms with Gasteiger partial charge in [0.1, 0.15) is 6.04 Å². The lowest BCUT2D eigenvalue weighted by Crippen LogP contribution is -2.20. The van der Waals surface area contributed by atoms with Crippen LogP contribution in [0.25, 0.3) is 5.70 Å². The summed E-state index contributed by atoms with van der Waals surface area (Å²) in [4.78, 5) is 27.0. The zero-order chi connectivity index (χ0) is 20.2. The maximum absolute atomic E-state index is 12.0. The number of aliphatic carboxylic acids is 1. The molecule has 0 bridgehead atoms. The van der Waals surface area contributed by atoms with Crippen LogP contribution in [0.3, 0.4) is 0 Å². The highest BCUT2D eigenvalue weighted by Crippen LogP contribution is 2.33. The maximum atomic E-state index is 12.0. The Balaban J connectivity index is 1.65. The van der Waals surface area contributed by atoms with Crippen molar-refractivity contribution in [2.75, 3.05) is 10.6 Å². The predicted molar refractivity (Wildman–Crippen MR) is 108 cm³/mol. The van der Waals surface area contributed by atoms with Crippen molar-refractivity contribution in [2.45, 2.75) is 18.9 Å². The summed E-state index contributed by atoms with van der Waals surface area (Å²) in [6.45, 7) is 0. The van der Waals surface area contributed by atoms with Crippen molar-refractivity contribution in [3.8, 4) is 0 Å². The van der Waals surface area contributed by atoms with Crippen LogP contribution in [0.1, 0.15) is 30.0 Å². The van der Waals surface area contributed by atoms with Gasteiger partial charge >= 0.3 is 5.97 Å². The Morgan fingerprint density at radius 2 is 1.72 bits per heavy atom. The zero-order valence-electron chi connectivity index (χ0n) is 15.4. The lowest BCUT2D eigenvalue weighted by molar-refractivity contribution is -0.138. The molecule has 0 saturated heterocycles. The quantitative estimate of drug-likeness (QED) is 0.598. The van der Waals surface area contributed by atoms with Crippen molar-refractivity contribution in [1.82, 2.24) is 14.8 Å². The zero-order valence-corrected chi connectivity index (χ0v) is 15.4. The lowest BCUT2D eigenvalue weighted by Gasteiger charge is -2.24. The molecule has 1 amide bonds. The van der Waals surface area contributed by atoms with Gasteiger partial charge in [-0.25, -0.2) is 4.68 Å². The van der Waals surface area contributed by atoms with Crippen molar-refractivity contribution in [2.24, 2.45) is 0 Å². The van der Waals surface area contributed by atoms with Crippen LogP contribution in [-0.2, 0) is 9.59 Å². The van der Waals surface area contributed by atoms with E-state index in [0.29, 0.717) is 5.95 Å². The Hall–Kier alpha value is -3.94. The standard InChI is InChI=1S/C21H19N5O3/c27-18(11-12-19(28)29)23-20-24-21-22-16(14-7-3-1-4-8-14)13-17(26(21)25-20)15-9-5-2-6-10-15/h1-10,13,17H,11-12H2,(H,28,29)(H2,22,23,24,25,27)/t17-/m0/s1. The third-order valence-electron chi connectivity index (χ3n) is 4.51. The van der Waals surface area contributed by atoms with Gasteiger partial charge in [0.2, 0.25) is 11.9 Å². The number of aromatic nitrogens is 3. The number of fused-ring (bicyclic) bond motifs is 1. The van der Waals surface area contributed by atoms with Gasteiger partial charge < -0.3 is 10.4 Å². The van der Waals surface area contributed by atoms with E-state index >= 15 is 0 Å². The van der Waals surface area contributed by atoms with Crippen molar-refractivity contribution in [3.63, 3.8) is 0 Å². The molecule has 0 spiro atoms. The molecule has 1 aliphatic rings. The highest BCUT2D eigenvalue weighted by molar-refractivity contribution is 5.91. The number of nitrogens with one attached hydrogen (secondary N) is 2. The average molecular weight is 389 g/mol. The molecule has 0 aliphatic carbocycles. The monoisotopic (exact) mass is 389 g/mol. The summed E-state index contributed by atoms with van der Waals surface area (Å²) in [6, 6.07) is 19.5. The van der Waals surface area contributed by atoms with E-state index < -0.39 is 11.9 Å². The van der Waals surface area contributed by atoms with E-state index in [4.69, 9.17) is 5.11 Å². The van der Waals surface area contributed by atoms with Gasteiger partial charge in [-0.05, 0) is 17.2 Å². The normalized spacial score (nSPS) is 15.0. The van der Waals surface area contributed by atoms with Gasteiger partial charge in [0.15, 0.2) is 0 Å². The SMILES string of the molecule is O=C(O)CCC(=O)Nc1nc2n(n1)[C@H](c1ccccc1)C=C(c1ccccc1)N2. The number of carbonyl (C=O) groups excluding carboxylic acids is 1. The fourth-order valence-electron chi connectivity index (χ4n) is 3.13. The number of rotatable bonds is 6. The molecule has 0 radical (unpaired) electrons. The number of carboxylic acids is 1. The van der Waals surface area contributed by atoms with Gasteiger partial charge in [-0.15, -0.1) is 5.10 Å². The second kappa shape index (κ2) is 7.97. The summed E-state index contributed by atoms with van der Waals surface area (Å²) in [5.41, 5.74) is 2.93. The van der Waals surface area contributed by atoms with Gasteiger partial charge in [-0.2, -0.15) is 4.98 Å². The number of anilines is 2. The van der Waals surface area contributed by atoms with Crippen LogP contribution >= 0.6 is 0 Å². The van der Waals surface area contributed by atoms with E-state index in [-0.39, 0.29) is 24.8 Å². The molecule has 3 N–H and O–H groups in total. The van der Waals surface area contributed by atoms with Crippen LogP contribution in [0.2, 0.25) is 0 Å². The molecular formula is C21H19N5O3. The largest absolute Gasteiger partial charge is 0.481 e. The molecule has 0 unspecified atom stereocenters. The first-order chi connectivity index (χ1) is 14.1. The highest BCUT2D eigenvalue weighted by atomic mass is 16.4. The van der Waals surface area contributed by atoms with E-state index in [1.54, 1.807) is 4.68 Å². The van der Waals surface area contributed by atoms with Crippen LogP contribution in [-0.4, -0.2) is 31.7 Å². The molecule has 8 nitrogen and oxygen atoms in total. The summed E-state index contributed by atoms with van der Waals surface area (Å²) in [7, 11) is 0. The van der Waals surface area contributed by atoms with Gasteiger partial charge in [-0.1, -0.05) is 60.7 Å². The molecule has 0 saturated carbocycles. The molecule has 1 atom stereocenters. The topological polar surface area (TPSA) is 109 Å². The van der Waals surface area contributed by atoms with Crippen molar-refractivity contribution in [1.29, 1.82) is 0 Å². The maximum Gasteiger partial charge on any atom is 0.303 e. The number of carboxylic acid groups (broad SMARTS) is 1. The fraction of sp³-hybridized carbons (Fsp3) is 0.143. The van der Waals surface area contributed by atoms with E-state index in [9.17, 15) is 9.59 Å². The summed E-state index contributed by atoms with van der Waals surface area (Å²) in [5, 5.41) is 19.0. The molecule has 0 fully saturated rings. The molecule has 2 heterocycles. The first kappa shape index (κ1) is 18.4. The Kier molecular flexibility index (Phi) is 5.07. The molecule has 29 heavy (non-hydrogen) atoms. The molecule has 3 aromatic rings. The number of benzene rings is 2. The lowest BCUT2D eigenvalue weighted by atomic mass is 10.0. The Morgan fingerprint density at radius 3 is 2.41 bits per heavy atom. The Bertz CT molecular complexity index is 1060. The van der Waals surface area contributed by atoms with Crippen LogP contribution in [0.4, 0.5) is 11.9 Å². The molecule has 8 heteroatoms. The predicted octanol–water partition coefficient (Wildman–Crippen LogP) is 3.14. The number of hydrogen-bond donors (Lipinski definition) is 3. The van der Waals surface area contributed by atoms with E-state index in [2.05, 4.69) is 26.8 Å². The van der Waals surface area contributed by atoms with Gasteiger partial charge in [-0.3, -0.25) is 14.9 Å². The van der Waals surface area contributed by atoms with Crippen molar-refractivity contribution in [3.05, 3.63) is 77.9 Å². The first-order valence-electron chi connectivity index (χ1n) is 9.17. The third kappa shape index (κ3) is 4.16. The Morgan fingerprint density at radius 1 is 1.03 bits per heavy atom. The minimum atomic E-state index is -1.03. The van der Waals surface area contributed by atoms with Crippen LogP contribution < -0.4 is 10.6 Å². The molecule has 146 valence electrons. The third-order valence-corrected chi connectivity index (χ3v) is 4.51. The fourth-order valence-corrected chi connectivity index (χ4v) is 3.13. The molecule has 1 aliphatic heterocycles. The smallest absolute Gasteiger partial charge is 0.303 e. The summed E-state index contributed by atoms with van der Waals surface area (Å²) in [6.07, 6.45) is 1.68. The second-order valence-corrected chi connectivity index (χ2v) is 6.57. The number of nitrogens with zero attached hydrogens (tertiary/aromatic N) is 3. The van der Waals surface area contributed by atoms with Crippen LogP contribution in [0.15, 0.2) is 66.7 Å². The molecular weight excluding hydrogens is 370 g/mol. The molecule has 4 rings (SSSR count). The van der Waals surface area contributed by atoms with Gasteiger partial charge in [0, 0.05) is 12.1 Å².